The summed E-state index contributed by atoms with van der Waals surface area (Å²) >= 11 is 0.923. The SMILES string of the molecule is COC(=O)c1ccc(CN2C(=O)SC(Nc3ccccc3OC)C2=O)cc1. The number of benzene rings is 2. The number of ether oxygens (including phenoxy) is 2. The zero-order valence-electron chi connectivity index (χ0n) is 14.8. The number of carbonyl (C=O) groups is 3. The van der Waals surface area contributed by atoms with Crippen LogP contribution in [0.3, 0.4) is 0 Å². The molecule has 2 aromatic carbocycles. The number of methoxy groups -OCH3 is 2. The van der Waals surface area contributed by atoms with E-state index in [0.29, 0.717) is 17.0 Å². The van der Waals surface area contributed by atoms with Crippen molar-refractivity contribution in [3.8, 4) is 5.75 Å². The molecule has 0 bridgehead atoms. The van der Waals surface area contributed by atoms with Crippen LogP contribution in [0.25, 0.3) is 0 Å². The standard InChI is InChI=1S/C19H18N2O5S/c1-25-15-6-4-3-5-14(15)20-16-17(22)21(19(24)27-16)11-12-7-9-13(10-8-12)18(23)26-2/h3-10,16,20H,11H2,1-2H3. The summed E-state index contributed by atoms with van der Waals surface area (Å²) in [4.78, 5) is 37.6. The Kier molecular flexibility index (Phi) is 5.66. The summed E-state index contributed by atoms with van der Waals surface area (Å²) in [5.74, 6) is -0.172. The van der Waals surface area contributed by atoms with E-state index in [-0.39, 0.29) is 17.7 Å². The van der Waals surface area contributed by atoms with E-state index in [1.54, 1.807) is 43.5 Å². The molecule has 2 aromatic rings. The number of carbonyl (C=O) groups excluding carboxylic acids is 3. The van der Waals surface area contributed by atoms with Crippen molar-refractivity contribution >= 4 is 34.6 Å². The van der Waals surface area contributed by atoms with Crippen molar-refractivity contribution in [2.75, 3.05) is 19.5 Å². The molecule has 8 heteroatoms. The van der Waals surface area contributed by atoms with Gasteiger partial charge in [-0.25, -0.2) is 4.79 Å². The lowest BCUT2D eigenvalue weighted by atomic mass is 10.1. The van der Waals surface area contributed by atoms with Crippen LogP contribution >= 0.6 is 11.8 Å². The maximum absolute atomic E-state index is 12.7. The van der Waals surface area contributed by atoms with Gasteiger partial charge in [0.25, 0.3) is 11.1 Å². The molecule has 0 radical (unpaired) electrons. The Morgan fingerprint density at radius 2 is 1.81 bits per heavy atom. The Hall–Kier alpha value is -3.00. The minimum Gasteiger partial charge on any atom is -0.495 e. The molecule has 1 fully saturated rings. The van der Waals surface area contributed by atoms with Crippen molar-refractivity contribution in [2.45, 2.75) is 11.9 Å². The van der Waals surface area contributed by atoms with Gasteiger partial charge in [-0.2, -0.15) is 0 Å². The quantitative estimate of drug-likeness (QED) is 0.764. The van der Waals surface area contributed by atoms with Crippen LogP contribution in [0.5, 0.6) is 5.75 Å². The van der Waals surface area contributed by atoms with Crippen molar-refractivity contribution < 1.29 is 23.9 Å². The van der Waals surface area contributed by atoms with E-state index in [1.165, 1.54) is 12.0 Å². The molecule has 1 atom stereocenters. The second-order valence-electron chi connectivity index (χ2n) is 5.72. The lowest BCUT2D eigenvalue weighted by Gasteiger charge is -2.16. The third kappa shape index (κ3) is 4.06. The first-order chi connectivity index (χ1) is 13.0. The molecule has 3 rings (SSSR count). The maximum Gasteiger partial charge on any atom is 0.337 e. The van der Waals surface area contributed by atoms with Crippen LogP contribution < -0.4 is 10.1 Å². The topological polar surface area (TPSA) is 84.9 Å². The highest BCUT2D eigenvalue weighted by Crippen LogP contribution is 2.32. The summed E-state index contributed by atoms with van der Waals surface area (Å²) in [5.41, 5.74) is 1.79. The highest BCUT2D eigenvalue weighted by molar-refractivity contribution is 8.15. The molecular weight excluding hydrogens is 368 g/mol. The molecule has 0 spiro atoms. The Bertz CT molecular complexity index is 869. The van der Waals surface area contributed by atoms with Gasteiger partial charge in [0.15, 0.2) is 5.37 Å². The second kappa shape index (κ2) is 8.13. The molecule has 1 unspecified atom stereocenters. The van der Waals surface area contributed by atoms with E-state index in [4.69, 9.17) is 4.74 Å². The Morgan fingerprint density at radius 3 is 2.48 bits per heavy atom. The van der Waals surface area contributed by atoms with E-state index >= 15 is 0 Å². The van der Waals surface area contributed by atoms with E-state index in [2.05, 4.69) is 10.1 Å². The molecule has 140 valence electrons. The monoisotopic (exact) mass is 386 g/mol. The lowest BCUT2D eigenvalue weighted by molar-refractivity contribution is -0.126. The lowest BCUT2D eigenvalue weighted by Crippen LogP contribution is -2.34. The third-order valence-electron chi connectivity index (χ3n) is 4.04. The van der Waals surface area contributed by atoms with Crippen LogP contribution in [-0.4, -0.2) is 41.6 Å². The summed E-state index contributed by atoms with van der Waals surface area (Å²) in [6.07, 6.45) is 0. The highest BCUT2D eigenvalue weighted by Gasteiger charge is 2.39. The number of anilines is 1. The number of thioether (sulfide) groups is 1. The Labute approximate surface area is 160 Å². The number of esters is 1. The first-order valence-corrected chi connectivity index (χ1v) is 9.00. The molecule has 1 N–H and O–H groups in total. The Balaban J connectivity index is 1.70. The average molecular weight is 386 g/mol. The molecule has 1 heterocycles. The minimum absolute atomic E-state index is 0.135. The number of rotatable bonds is 6. The highest BCUT2D eigenvalue weighted by atomic mass is 32.2. The number of nitrogens with zero attached hydrogens (tertiary/aromatic N) is 1. The molecule has 0 saturated carbocycles. The van der Waals surface area contributed by atoms with Crippen LogP contribution in [-0.2, 0) is 16.1 Å². The van der Waals surface area contributed by atoms with E-state index in [9.17, 15) is 14.4 Å². The summed E-state index contributed by atoms with van der Waals surface area (Å²) in [7, 11) is 2.85. The second-order valence-corrected chi connectivity index (χ2v) is 6.78. The van der Waals surface area contributed by atoms with Gasteiger partial charge in [0, 0.05) is 0 Å². The van der Waals surface area contributed by atoms with Crippen LogP contribution in [0.1, 0.15) is 15.9 Å². The van der Waals surface area contributed by atoms with Gasteiger partial charge in [0.2, 0.25) is 0 Å². The third-order valence-corrected chi connectivity index (χ3v) is 5.02. The molecule has 1 saturated heterocycles. The average Bonchev–Trinajstić information content (AvgIpc) is 2.95. The molecule has 1 aliphatic rings. The van der Waals surface area contributed by atoms with E-state index < -0.39 is 11.3 Å². The largest absolute Gasteiger partial charge is 0.495 e. The molecular formula is C19H18N2O5S. The van der Waals surface area contributed by atoms with Gasteiger partial charge in [-0.05, 0) is 41.6 Å². The normalized spacial score (nSPS) is 16.4. The summed E-state index contributed by atoms with van der Waals surface area (Å²) in [6.45, 7) is 0.135. The minimum atomic E-state index is -0.719. The fourth-order valence-electron chi connectivity index (χ4n) is 2.63. The van der Waals surface area contributed by atoms with Gasteiger partial charge in [-0.3, -0.25) is 14.5 Å². The van der Waals surface area contributed by atoms with Crippen molar-refractivity contribution in [3.63, 3.8) is 0 Å². The Morgan fingerprint density at radius 1 is 1.11 bits per heavy atom. The molecule has 1 aliphatic heterocycles. The first kappa shape index (κ1) is 18.8. The van der Waals surface area contributed by atoms with Gasteiger partial charge >= 0.3 is 5.97 Å². The number of imide groups is 1. The predicted octanol–water partition coefficient (Wildman–Crippen LogP) is 3.12. The van der Waals surface area contributed by atoms with Crippen molar-refractivity contribution in [3.05, 3.63) is 59.7 Å². The number of para-hydroxylation sites is 2. The van der Waals surface area contributed by atoms with Crippen LogP contribution in [0.15, 0.2) is 48.5 Å². The van der Waals surface area contributed by atoms with E-state index in [1.807, 2.05) is 12.1 Å². The summed E-state index contributed by atoms with van der Waals surface area (Å²) < 4.78 is 9.91. The summed E-state index contributed by atoms with van der Waals surface area (Å²) in [5, 5.41) is 2.00. The van der Waals surface area contributed by atoms with Crippen molar-refractivity contribution in [1.29, 1.82) is 0 Å². The van der Waals surface area contributed by atoms with Gasteiger partial charge in [-0.15, -0.1) is 0 Å². The fraction of sp³-hybridized carbons (Fsp3) is 0.211. The van der Waals surface area contributed by atoms with Crippen LogP contribution in [0, 0.1) is 0 Å². The molecule has 2 amide bonds. The number of amides is 2. The van der Waals surface area contributed by atoms with Gasteiger partial charge < -0.3 is 14.8 Å². The van der Waals surface area contributed by atoms with Gasteiger partial charge in [0.05, 0.1) is 32.0 Å². The van der Waals surface area contributed by atoms with Gasteiger partial charge in [-0.1, -0.05) is 24.3 Å². The number of hydrogen-bond acceptors (Lipinski definition) is 7. The molecule has 7 nitrogen and oxygen atoms in total. The van der Waals surface area contributed by atoms with Crippen LogP contribution in [0.2, 0.25) is 0 Å². The van der Waals surface area contributed by atoms with Crippen molar-refractivity contribution in [2.24, 2.45) is 0 Å². The zero-order chi connectivity index (χ0) is 19.4. The van der Waals surface area contributed by atoms with Crippen LogP contribution in [0.4, 0.5) is 10.5 Å². The number of nitrogens with one attached hydrogen (secondary N) is 1. The van der Waals surface area contributed by atoms with E-state index in [0.717, 1.165) is 17.3 Å². The molecule has 0 aliphatic carbocycles. The zero-order valence-corrected chi connectivity index (χ0v) is 15.6. The van der Waals surface area contributed by atoms with Gasteiger partial charge in [0.1, 0.15) is 5.75 Å². The molecule has 0 aromatic heterocycles. The maximum atomic E-state index is 12.7. The first-order valence-electron chi connectivity index (χ1n) is 8.12. The molecule has 27 heavy (non-hydrogen) atoms. The fourth-order valence-corrected chi connectivity index (χ4v) is 3.53. The number of hydrogen-bond donors (Lipinski definition) is 1. The summed E-state index contributed by atoms with van der Waals surface area (Å²) in [6, 6.07) is 13.8. The smallest absolute Gasteiger partial charge is 0.337 e. The predicted molar refractivity (Wildman–Crippen MR) is 102 cm³/mol. The van der Waals surface area contributed by atoms with Crippen molar-refractivity contribution in [1.82, 2.24) is 4.90 Å².